The van der Waals surface area contributed by atoms with Crippen LogP contribution < -0.4 is 0 Å². The maximum Gasteiger partial charge on any atom is 0.311 e. The molecule has 18 heavy (non-hydrogen) atoms. The fourth-order valence-corrected chi connectivity index (χ4v) is 4.07. The van der Waals surface area contributed by atoms with E-state index in [0.717, 1.165) is 37.0 Å². The van der Waals surface area contributed by atoms with Crippen LogP contribution in [0, 0.1) is 0 Å². The summed E-state index contributed by atoms with van der Waals surface area (Å²) in [6.45, 7) is 0. The number of carbonyl (C=O) groups excluding carboxylic acids is 1. The van der Waals surface area contributed by atoms with Gasteiger partial charge in [0, 0.05) is 15.6 Å². The summed E-state index contributed by atoms with van der Waals surface area (Å²) in [4.78, 5) is 12.3. The van der Waals surface area contributed by atoms with Gasteiger partial charge in [-0.25, -0.2) is 8.42 Å². The lowest BCUT2D eigenvalue weighted by Crippen LogP contribution is -2.15. The number of esters is 1. The number of thiophene rings is 1. The molecule has 1 saturated carbocycles. The SMILES string of the molecule is O=C(Cc1ccc(S(=O)(=O)Cl)s1)OC1CCCC1. The zero-order chi connectivity index (χ0) is 13.2. The van der Waals surface area contributed by atoms with Crippen LogP contribution >= 0.6 is 22.0 Å². The van der Waals surface area contributed by atoms with E-state index in [1.54, 1.807) is 6.07 Å². The van der Waals surface area contributed by atoms with Crippen molar-refractivity contribution in [3.8, 4) is 0 Å². The van der Waals surface area contributed by atoms with Gasteiger partial charge in [0.15, 0.2) is 0 Å². The molecule has 1 heterocycles. The third kappa shape index (κ3) is 3.70. The van der Waals surface area contributed by atoms with Gasteiger partial charge in [-0.2, -0.15) is 0 Å². The highest BCUT2D eigenvalue weighted by Gasteiger charge is 2.20. The molecule has 0 N–H and O–H groups in total. The fourth-order valence-electron chi connectivity index (χ4n) is 1.96. The molecular weight excluding hydrogens is 296 g/mol. The van der Waals surface area contributed by atoms with Crippen molar-refractivity contribution in [2.75, 3.05) is 0 Å². The fraction of sp³-hybridized carbons (Fsp3) is 0.545. The molecule has 1 fully saturated rings. The van der Waals surface area contributed by atoms with Crippen molar-refractivity contribution < 1.29 is 17.9 Å². The second kappa shape index (κ2) is 5.59. The van der Waals surface area contributed by atoms with E-state index in [9.17, 15) is 13.2 Å². The van der Waals surface area contributed by atoms with Gasteiger partial charge < -0.3 is 4.74 Å². The minimum Gasteiger partial charge on any atom is -0.462 e. The van der Waals surface area contributed by atoms with Gasteiger partial charge in [0.05, 0.1) is 6.42 Å². The molecule has 0 atom stereocenters. The molecule has 0 aliphatic heterocycles. The van der Waals surface area contributed by atoms with Gasteiger partial charge in [-0.15, -0.1) is 11.3 Å². The number of halogens is 1. The highest BCUT2D eigenvalue weighted by molar-refractivity contribution is 8.15. The van der Waals surface area contributed by atoms with Crippen LogP contribution in [0.5, 0.6) is 0 Å². The molecule has 0 unspecified atom stereocenters. The second-order valence-electron chi connectivity index (χ2n) is 4.23. The third-order valence-electron chi connectivity index (χ3n) is 2.80. The Hall–Kier alpha value is -0.590. The minimum atomic E-state index is -3.70. The molecule has 1 aromatic rings. The Morgan fingerprint density at radius 1 is 1.39 bits per heavy atom. The smallest absolute Gasteiger partial charge is 0.311 e. The molecule has 0 saturated heterocycles. The van der Waals surface area contributed by atoms with Gasteiger partial charge in [-0.3, -0.25) is 4.79 Å². The van der Waals surface area contributed by atoms with Crippen molar-refractivity contribution in [3.63, 3.8) is 0 Å². The molecule has 4 nitrogen and oxygen atoms in total. The molecule has 0 spiro atoms. The molecule has 1 aromatic heterocycles. The largest absolute Gasteiger partial charge is 0.462 e. The second-order valence-corrected chi connectivity index (χ2v) is 8.19. The molecule has 1 aliphatic rings. The average Bonchev–Trinajstić information content (AvgIpc) is 2.87. The van der Waals surface area contributed by atoms with Gasteiger partial charge in [0.2, 0.25) is 0 Å². The van der Waals surface area contributed by atoms with Crippen LogP contribution in [0.2, 0.25) is 0 Å². The Kier molecular flexibility index (Phi) is 4.29. The van der Waals surface area contributed by atoms with Crippen molar-refractivity contribution in [1.82, 2.24) is 0 Å². The van der Waals surface area contributed by atoms with Crippen LogP contribution in [0.1, 0.15) is 30.6 Å². The summed E-state index contributed by atoms with van der Waals surface area (Å²) in [7, 11) is 1.51. The highest BCUT2D eigenvalue weighted by atomic mass is 35.7. The lowest BCUT2D eigenvalue weighted by Gasteiger charge is -2.10. The van der Waals surface area contributed by atoms with Crippen LogP contribution in [0.15, 0.2) is 16.3 Å². The van der Waals surface area contributed by atoms with Gasteiger partial charge in [0.1, 0.15) is 10.3 Å². The number of hydrogen-bond donors (Lipinski definition) is 0. The quantitative estimate of drug-likeness (QED) is 0.634. The minimum absolute atomic E-state index is 0.0358. The molecule has 0 aromatic carbocycles. The van der Waals surface area contributed by atoms with Gasteiger partial charge >= 0.3 is 5.97 Å². The zero-order valence-corrected chi connectivity index (χ0v) is 12.0. The predicted octanol–water partition coefficient (Wildman–Crippen LogP) is 2.70. The predicted molar refractivity (Wildman–Crippen MR) is 69.4 cm³/mol. The monoisotopic (exact) mass is 308 g/mol. The van der Waals surface area contributed by atoms with E-state index >= 15 is 0 Å². The van der Waals surface area contributed by atoms with Crippen molar-refractivity contribution in [2.45, 2.75) is 42.4 Å². The summed E-state index contributed by atoms with van der Waals surface area (Å²) in [6, 6.07) is 3.00. The Morgan fingerprint density at radius 3 is 2.61 bits per heavy atom. The summed E-state index contributed by atoms with van der Waals surface area (Å²) in [5, 5.41) is 0. The van der Waals surface area contributed by atoms with Crippen LogP contribution in [0.25, 0.3) is 0 Å². The van der Waals surface area contributed by atoms with Gasteiger partial charge in [-0.05, 0) is 37.8 Å². The summed E-state index contributed by atoms with van der Waals surface area (Å²) < 4.78 is 27.5. The first-order chi connectivity index (χ1) is 8.45. The van der Waals surface area contributed by atoms with Crippen LogP contribution in [0.4, 0.5) is 0 Å². The lowest BCUT2D eigenvalue weighted by atomic mass is 10.3. The number of ether oxygens (including phenoxy) is 1. The maximum absolute atomic E-state index is 11.6. The number of rotatable bonds is 4. The molecular formula is C11H13ClO4S2. The molecule has 2 rings (SSSR count). The van der Waals surface area contributed by atoms with E-state index in [0.29, 0.717) is 4.88 Å². The Morgan fingerprint density at radius 2 is 2.06 bits per heavy atom. The summed E-state index contributed by atoms with van der Waals surface area (Å²) in [5.41, 5.74) is 0. The van der Waals surface area contributed by atoms with Crippen LogP contribution in [-0.2, 0) is 25.0 Å². The van der Waals surface area contributed by atoms with Crippen LogP contribution in [0.3, 0.4) is 0 Å². The molecule has 0 radical (unpaired) electrons. The Balaban J connectivity index is 1.92. The number of hydrogen-bond acceptors (Lipinski definition) is 5. The first-order valence-electron chi connectivity index (χ1n) is 5.68. The van der Waals surface area contributed by atoms with Crippen molar-refractivity contribution in [1.29, 1.82) is 0 Å². The molecule has 7 heteroatoms. The van der Waals surface area contributed by atoms with Crippen molar-refractivity contribution in [2.24, 2.45) is 0 Å². The summed E-state index contributed by atoms with van der Waals surface area (Å²) in [6.07, 6.45) is 4.20. The van der Waals surface area contributed by atoms with E-state index in [1.807, 2.05) is 0 Å². The van der Waals surface area contributed by atoms with E-state index in [2.05, 4.69) is 0 Å². The average molecular weight is 309 g/mol. The van der Waals surface area contributed by atoms with Gasteiger partial charge in [-0.1, -0.05) is 0 Å². The first-order valence-corrected chi connectivity index (χ1v) is 8.80. The van der Waals surface area contributed by atoms with Crippen LogP contribution in [-0.4, -0.2) is 20.5 Å². The van der Waals surface area contributed by atoms with Crippen molar-refractivity contribution in [3.05, 3.63) is 17.0 Å². The van der Waals surface area contributed by atoms with Gasteiger partial charge in [0.25, 0.3) is 9.05 Å². The maximum atomic E-state index is 11.6. The van der Waals surface area contributed by atoms with E-state index < -0.39 is 9.05 Å². The molecule has 100 valence electrons. The third-order valence-corrected chi connectivity index (χ3v) is 5.97. The topological polar surface area (TPSA) is 60.4 Å². The summed E-state index contributed by atoms with van der Waals surface area (Å²) >= 11 is 1.01. The Labute approximate surface area is 114 Å². The normalized spacial score (nSPS) is 16.9. The molecule has 1 aliphatic carbocycles. The highest BCUT2D eigenvalue weighted by Crippen LogP contribution is 2.26. The summed E-state index contributed by atoms with van der Waals surface area (Å²) in [5.74, 6) is -0.303. The van der Waals surface area contributed by atoms with E-state index in [-0.39, 0.29) is 22.7 Å². The first kappa shape index (κ1) is 13.8. The Bertz CT molecular complexity index is 529. The number of carbonyl (C=O) groups is 1. The van der Waals surface area contributed by atoms with E-state index in [4.69, 9.17) is 15.4 Å². The standard InChI is InChI=1S/C11H13ClO4S2/c12-18(14,15)11-6-5-9(17-11)7-10(13)16-8-3-1-2-4-8/h5-6,8H,1-4,7H2. The lowest BCUT2D eigenvalue weighted by molar-refractivity contribution is -0.147. The van der Waals surface area contributed by atoms with E-state index in [1.165, 1.54) is 6.07 Å². The van der Waals surface area contributed by atoms with Crippen molar-refractivity contribution >= 4 is 37.0 Å². The zero-order valence-electron chi connectivity index (χ0n) is 9.60. The molecule has 0 amide bonds. The molecule has 0 bridgehead atoms.